The van der Waals surface area contributed by atoms with E-state index in [1.807, 2.05) is 12.5 Å². The molecule has 0 aromatic carbocycles. The molecule has 1 N–H and O–H groups in total. The molecule has 0 amide bonds. The Morgan fingerprint density at radius 1 is 1.50 bits per heavy atom. The summed E-state index contributed by atoms with van der Waals surface area (Å²) in [5.74, 6) is 0.669. The van der Waals surface area contributed by atoms with Crippen LogP contribution in [-0.2, 0) is 6.54 Å². The molecule has 1 fully saturated rings. The quantitative estimate of drug-likeness (QED) is 0.849. The zero-order chi connectivity index (χ0) is 11.6. The van der Waals surface area contributed by atoms with Crippen molar-refractivity contribution in [1.82, 2.24) is 14.9 Å². The van der Waals surface area contributed by atoms with Crippen LogP contribution >= 0.6 is 0 Å². The maximum absolute atomic E-state index is 4.30. The second-order valence-corrected chi connectivity index (χ2v) is 6.01. The van der Waals surface area contributed by atoms with Crippen molar-refractivity contribution in [2.45, 2.75) is 46.1 Å². The highest BCUT2D eigenvalue weighted by atomic mass is 15.1. The van der Waals surface area contributed by atoms with E-state index in [2.05, 4.69) is 35.6 Å². The van der Waals surface area contributed by atoms with Crippen molar-refractivity contribution in [3.05, 3.63) is 18.2 Å². The Hall–Kier alpha value is -0.830. The highest BCUT2D eigenvalue weighted by Crippen LogP contribution is 2.24. The van der Waals surface area contributed by atoms with E-state index >= 15 is 0 Å². The minimum absolute atomic E-state index is 0.398. The lowest BCUT2D eigenvalue weighted by Gasteiger charge is -2.20. The number of imidazole rings is 1. The summed E-state index contributed by atoms with van der Waals surface area (Å²) in [4.78, 5) is 4.30. The fraction of sp³-hybridized carbons (Fsp3) is 0.769. The van der Waals surface area contributed by atoms with E-state index < -0.39 is 0 Å². The van der Waals surface area contributed by atoms with Gasteiger partial charge in [-0.3, -0.25) is 0 Å². The molecular weight excluding hydrogens is 198 g/mol. The topological polar surface area (TPSA) is 29.9 Å². The van der Waals surface area contributed by atoms with Gasteiger partial charge in [0.25, 0.3) is 0 Å². The lowest BCUT2D eigenvalue weighted by atomic mass is 9.92. The average Bonchev–Trinajstić information content (AvgIpc) is 2.84. The monoisotopic (exact) mass is 221 g/mol. The Balaban J connectivity index is 2.01. The predicted molar refractivity (Wildman–Crippen MR) is 66.5 cm³/mol. The molecule has 1 unspecified atom stereocenters. The first-order valence-electron chi connectivity index (χ1n) is 6.27. The van der Waals surface area contributed by atoms with Gasteiger partial charge in [-0.1, -0.05) is 20.8 Å². The van der Waals surface area contributed by atoms with E-state index in [9.17, 15) is 0 Å². The van der Waals surface area contributed by atoms with Crippen LogP contribution in [0.25, 0.3) is 0 Å². The van der Waals surface area contributed by atoms with Gasteiger partial charge in [0.15, 0.2) is 0 Å². The van der Waals surface area contributed by atoms with Crippen LogP contribution in [0.15, 0.2) is 12.5 Å². The number of hydrogen-bond acceptors (Lipinski definition) is 2. The molecule has 1 atom stereocenters. The highest BCUT2D eigenvalue weighted by molar-refractivity contribution is 5.09. The molecule has 1 aromatic heterocycles. The molecule has 1 aliphatic heterocycles. The number of rotatable bonds is 3. The van der Waals surface area contributed by atoms with Gasteiger partial charge >= 0.3 is 0 Å². The molecule has 3 nitrogen and oxygen atoms in total. The standard InChI is InChI=1S/C13H23N3/c1-13(2,3)5-7-16-10-15-9-12(16)11-4-6-14-8-11/h9-11,14H,4-8H2,1-3H3. The second-order valence-electron chi connectivity index (χ2n) is 6.01. The first-order chi connectivity index (χ1) is 7.56. The third-order valence-corrected chi connectivity index (χ3v) is 3.33. The summed E-state index contributed by atoms with van der Waals surface area (Å²) in [6, 6.07) is 0. The lowest BCUT2D eigenvalue weighted by molar-refractivity contribution is 0.346. The molecule has 90 valence electrons. The van der Waals surface area contributed by atoms with Gasteiger partial charge in [-0.05, 0) is 24.8 Å². The number of nitrogens with zero attached hydrogens (tertiary/aromatic N) is 2. The van der Waals surface area contributed by atoms with Gasteiger partial charge in [-0.2, -0.15) is 0 Å². The van der Waals surface area contributed by atoms with Crippen molar-refractivity contribution in [1.29, 1.82) is 0 Å². The predicted octanol–water partition coefficient (Wildman–Crippen LogP) is 2.40. The van der Waals surface area contributed by atoms with Crippen LogP contribution < -0.4 is 5.32 Å². The Labute approximate surface area is 98.3 Å². The molecule has 2 rings (SSSR count). The molecule has 3 heteroatoms. The van der Waals surface area contributed by atoms with Crippen LogP contribution in [-0.4, -0.2) is 22.6 Å². The number of nitrogens with one attached hydrogen (secondary N) is 1. The number of aromatic nitrogens is 2. The van der Waals surface area contributed by atoms with E-state index in [-0.39, 0.29) is 0 Å². The van der Waals surface area contributed by atoms with Gasteiger partial charge in [0.2, 0.25) is 0 Å². The molecule has 0 bridgehead atoms. The minimum Gasteiger partial charge on any atom is -0.334 e. The van der Waals surface area contributed by atoms with Crippen LogP contribution in [0.3, 0.4) is 0 Å². The van der Waals surface area contributed by atoms with Crippen LogP contribution in [0.5, 0.6) is 0 Å². The maximum atomic E-state index is 4.30. The van der Waals surface area contributed by atoms with Gasteiger partial charge < -0.3 is 9.88 Å². The number of hydrogen-bond donors (Lipinski definition) is 1. The third-order valence-electron chi connectivity index (χ3n) is 3.33. The first kappa shape index (κ1) is 11.6. The smallest absolute Gasteiger partial charge is 0.0948 e. The maximum Gasteiger partial charge on any atom is 0.0948 e. The van der Waals surface area contributed by atoms with Crippen molar-refractivity contribution in [2.75, 3.05) is 13.1 Å². The molecule has 2 heterocycles. The number of aryl methyl sites for hydroxylation is 1. The highest BCUT2D eigenvalue weighted by Gasteiger charge is 2.20. The summed E-state index contributed by atoms with van der Waals surface area (Å²) in [6.07, 6.45) is 6.48. The van der Waals surface area contributed by atoms with Crippen LogP contribution in [0, 0.1) is 5.41 Å². The molecule has 1 aliphatic rings. The zero-order valence-electron chi connectivity index (χ0n) is 10.7. The van der Waals surface area contributed by atoms with E-state index in [1.165, 1.54) is 18.5 Å². The summed E-state index contributed by atoms with van der Waals surface area (Å²) in [7, 11) is 0. The fourth-order valence-electron chi connectivity index (χ4n) is 2.22. The van der Waals surface area contributed by atoms with Crippen LogP contribution in [0.4, 0.5) is 0 Å². The average molecular weight is 221 g/mol. The molecule has 0 aliphatic carbocycles. The van der Waals surface area contributed by atoms with Gasteiger partial charge in [0.05, 0.1) is 6.33 Å². The Morgan fingerprint density at radius 2 is 2.31 bits per heavy atom. The van der Waals surface area contributed by atoms with Crippen molar-refractivity contribution >= 4 is 0 Å². The van der Waals surface area contributed by atoms with Gasteiger partial charge in [-0.15, -0.1) is 0 Å². The van der Waals surface area contributed by atoms with Gasteiger partial charge in [0, 0.05) is 30.9 Å². The summed E-state index contributed by atoms with van der Waals surface area (Å²) < 4.78 is 2.34. The first-order valence-corrected chi connectivity index (χ1v) is 6.27. The SMILES string of the molecule is CC(C)(C)CCn1cncc1C1CCNC1. The van der Waals surface area contributed by atoms with Gasteiger partial charge in [0.1, 0.15) is 0 Å². The summed E-state index contributed by atoms with van der Waals surface area (Å²) in [5.41, 5.74) is 1.81. The second kappa shape index (κ2) is 4.58. The zero-order valence-corrected chi connectivity index (χ0v) is 10.7. The van der Waals surface area contributed by atoms with Gasteiger partial charge in [-0.25, -0.2) is 4.98 Å². The van der Waals surface area contributed by atoms with Crippen molar-refractivity contribution in [3.63, 3.8) is 0 Å². The molecule has 0 spiro atoms. The summed E-state index contributed by atoms with van der Waals surface area (Å²) >= 11 is 0. The lowest BCUT2D eigenvalue weighted by Crippen LogP contribution is -2.14. The third kappa shape index (κ3) is 2.85. The minimum atomic E-state index is 0.398. The normalized spacial score (nSPS) is 21.6. The largest absolute Gasteiger partial charge is 0.334 e. The van der Waals surface area contributed by atoms with E-state index in [0.29, 0.717) is 11.3 Å². The molecule has 1 saturated heterocycles. The molecule has 1 aromatic rings. The van der Waals surface area contributed by atoms with Crippen LogP contribution in [0.1, 0.15) is 45.2 Å². The molecule has 16 heavy (non-hydrogen) atoms. The Bertz CT molecular complexity index is 329. The molecule has 0 radical (unpaired) electrons. The van der Waals surface area contributed by atoms with E-state index in [4.69, 9.17) is 0 Å². The molecular formula is C13H23N3. The van der Waals surface area contributed by atoms with Crippen molar-refractivity contribution in [2.24, 2.45) is 5.41 Å². The van der Waals surface area contributed by atoms with Crippen molar-refractivity contribution in [3.8, 4) is 0 Å². The molecule has 0 saturated carbocycles. The van der Waals surface area contributed by atoms with E-state index in [1.54, 1.807) is 0 Å². The summed E-state index contributed by atoms with van der Waals surface area (Å²) in [5, 5.41) is 3.42. The van der Waals surface area contributed by atoms with Crippen molar-refractivity contribution < 1.29 is 0 Å². The fourth-order valence-corrected chi connectivity index (χ4v) is 2.22. The Morgan fingerprint density at radius 3 is 2.94 bits per heavy atom. The van der Waals surface area contributed by atoms with Crippen LogP contribution in [0.2, 0.25) is 0 Å². The summed E-state index contributed by atoms with van der Waals surface area (Å²) in [6.45, 7) is 10.2. The Kier molecular flexibility index (Phi) is 3.33. The van der Waals surface area contributed by atoms with E-state index in [0.717, 1.165) is 19.6 Å².